The second kappa shape index (κ2) is 6.11. The summed E-state index contributed by atoms with van der Waals surface area (Å²) in [5.41, 5.74) is 0.900. The van der Waals surface area contributed by atoms with Gasteiger partial charge in [-0.25, -0.2) is 0 Å². The first-order valence-corrected chi connectivity index (χ1v) is 8.09. The van der Waals surface area contributed by atoms with E-state index in [2.05, 4.69) is 10.5 Å². The molecule has 6 heteroatoms. The number of aryl methyl sites for hydroxylation is 2. The van der Waals surface area contributed by atoms with Crippen LogP contribution in [0.25, 0.3) is 0 Å². The molecule has 24 heavy (non-hydrogen) atoms. The molecule has 1 saturated carbocycles. The van der Waals surface area contributed by atoms with Crippen LogP contribution in [0.2, 0.25) is 0 Å². The molecule has 6 nitrogen and oxygen atoms in total. The zero-order valence-electron chi connectivity index (χ0n) is 14.1. The molecule has 0 radical (unpaired) electrons. The van der Waals surface area contributed by atoms with E-state index in [9.17, 15) is 9.59 Å². The summed E-state index contributed by atoms with van der Waals surface area (Å²) in [5.74, 6) is 0.479. The van der Waals surface area contributed by atoms with Crippen LogP contribution in [0.15, 0.2) is 34.9 Å². The number of benzene rings is 1. The van der Waals surface area contributed by atoms with Crippen molar-refractivity contribution in [3.8, 4) is 0 Å². The molecule has 0 bridgehead atoms. The van der Waals surface area contributed by atoms with E-state index in [4.69, 9.17) is 4.52 Å². The van der Waals surface area contributed by atoms with E-state index in [1.54, 1.807) is 17.9 Å². The molecule has 0 aliphatic heterocycles. The smallest absolute Gasteiger partial charge is 0.242 e. The zero-order chi connectivity index (χ0) is 17.3. The van der Waals surface area contributed by atoms with Gasteiger partial charge < -0.3 is 14.7 Å². The molecule has 0 atom stereocenters. The molecule has 1 fully saturated rings. The number of anilines is 2. The third-order valence-electron chi connectivity index (χ3n) is 4.34. The molecule has 1 aliphatic carbocycles. The minimum atomic E-state index is -0.993. The molecule has 1 aromatic heterocycles. The lowest BCUT2D eigenvalue weighted by Gasteiger charge is -2.26. The maximum Gasteiger partial charge on any atom is 0.242 e. The van der Waals surface area contributed by atoms with Gasteiger partial charge in [-0.2, -0.15) is 0 Å². The van der Waals surface area contributed by atoms with Crippen LogP contribution in [0.1, 0.15) is 31.1 Å². The van der Waals surface area contributed by atoms with Gasteiger partial charge in [-0.05, 0) is 51.3 Å². The second-order valence-electron chi connectivity index (χ2n) is 6.25. The van der Waals surface area contributed by atoms with Gasteiger partial charge in [0.25, 0.3) is 0 Å². The average Bonchev–Trinajstić information content (AvgIpc) is 3.27. The molecule has 1 N–H and O–H groups in total. The maximum absolute atomic E-state index is 13.0. The Morgan fingerprint density at radius 1 is 1.29 bits per heavy atom. The van der Waals surface area contributed by atoms with Crippen molar-refractivity contribution in [2.45, 2.75) is 33.6 Å². The summed E-state index contributed by atoms with van der Waals surface area (Å²) in [7, 11) is 0. The highest BCUT2D eigenvalue weighted by Gasteiger charge is 2.58. The van der Waals surface area contributed by atoms with Crippen LogP contribution in [0.5, 0.6) is 0 Å². The highest BCUT2D eigenvalue weighted by Crippen LogP contribution is 2.48. The lowest BCUT2D eigenvalue weighted by atomic mass is 10.0. The fourth-order valence-corrected chi connectivity index (χ4v) is 2.82. The van der Waals surface area contributed by atoms with Crippen LogP contribution in [-0.4, -0.2) is 23.5 Å². The van der Waals surface area contributed by atoms with E-state index in [0.717, 1.165) is 11.3 Å². The molecule has 126 valence electrons. The first kappa shape index (κ1) is 16.2. The summed E-state index contributed by atoms with van der Waals surface area (Å²) in [4.78, 5) is 27.3. The lowest BCUT2D eigenvalue weighted by Crippen LogP contribution is -2.43. The summed E-state index contributed by atoms with van der Waals surface area (Å²) in [6.07, 6.45) is 1.10. The van der Waals surface area contributed by atoms with Gasteiger partial charge >= 0.3 is 0 Å². The number of carbonyl (C=O) groups excluding carboxylic acids is 2. The minimum absolute atomic E-state index is 0.159. The van der Waals surface area contributed by atoms with Crippen molar-refractivity contribution in [1.82, 2.24) is 5.16 Å². The van der Waals surface area contributed by atoms with Gasteiger partial charge in [0.1, 0.15) is 11.2 Å². The van der Waals surface area contributed by atoms with Gasteiger partial charge in [0.15, 0.2) is 5.82 Å². The Hall–Kier alpha value is -2.63. The summed E-state index contributed by atoms with van der Waals surface area (Å²) in [5, 5.41) is 6.46. The first-order valence-electron chi connectivity index (χ1n) is 8.09. The van der Waals surface area contributed by atoms with Crippen LogP contribution < -0.4 is 10.2 Å². The van der Waals surface area contributed by atoms with Crippen molar-refractivity contribution >= 4 is 23.3 Å². The van der Waals surface area contributed by atoms with E-state index >= 15 is 0 Å². The average molecular weight is 327 g/mol. The third kappa shape index (κ3) is 2.91. The highest BCUT2D eigenvalue weighted by molar-refractivity contribution is 6.17. The number of nitrogens with zero attached hydrogens (tertiary/aromatic N) is 2. The molecule has 1 aromatic carbocycles. The van der Waals surface area contributed by atoms with Crippen molar-refractivity contribution in [1.29, 1.82) is 0 Å². The van der Waals surface area contributed by atoms with Crippen LogP contribution in [0.4, 0.5) is 11.5 Å². The van der Waals surface area contributed by atoms with E-state index in [-0.39, 0.29) is 11.8 Å². The fraction of sp³-hybridized carbons (Fsp3) is 0.389. The third-order valence-corrected chi connectivity index (χ3v) is 4.34. The van der Waals surface area contributed by atoms with Crippen molar-refractivity contribution in [3.05, 3.63) is 41.7 Å². The van der Waals surface area contributed by atoms with Crippen LogP contribution in [0.3, 0.4) is 0 Å². The molecule has 2 aromatic rings. The van der Waals surface area contributed by atoms with Gasteiger partial charge in [-0.15, -0.1) is 0 Å². The normalized spacial score (nSPS) is 15.0. The predicted molar refractivity (Wildman–Crippen MR) is 90.7 cm³/mol. The monoisotopic (exact) mass is 327 g/mol. The van der Waals surface area contributed by atoms with E-state index in [1.807, 2.05) is 38.1 Å². The zero-order valence-corrected chi connectivity index (χ0v) is 14.1. The SMILES string of the molecule is CCN(C(=O)C1(C(=O)Nc2cc(C)on2)CC1)c1cccc(C)c1. The second-order valence-corrected chi connectivity index (χ2v) is 6.25. The Morgan fingerprint density at radius 2 is 2.04 bits per heavy atom. The van der Waals surface area contributed by atoms with Crippen LogP contribution in [-0.2, 0) is 9.59 Å². The van der Waals surface area contributed by atoms with Crippen molar-refractivity contribution < 1.29 is 14.1 Å². The number of carbonyl (C=O) groups is 2. The van der Waals surface area contributed by atoms with Crippen LogP contribution >= 0.6 is 0 Å². The van der Waals surface area contributed by atoms with Crippen molar-refractivity contribution in [2.75, 3.05) is 16.8 Å². The quantitative estimate of drug-likeness (QED) is 0.856. The number of rotatable bonds is 5. The van der Waals surface area contributed by atoms with Gasteiger partial charge in [-0.3, -0.25) is 9.59 Å². The molecule has 0 unspecified atom stereocenters. The Bertz CT molecular complexity index is 777. The number of hydrogen-bond acceptors (Lipinski definition) is 4. The Balaban J connectivity index is 1.80. The summed E-state index contributed by atoms with van der Waals surface area (Å²) >= 11 is 0. The first-order chi connectivity index (χ1) is 11.5. The molecular formula is C18H21N3O3. The predicted octanol–water partition coefficient (Wildman–Crippen LogP) is 3.06. The number of aromatic nitrogens is 1. The van der Waals surface area contributed by atoms with Crippen LogP contribution in [0, 0.1) is 19.3 Å². The molecular weight excluding hydrogens is 306 g/mol. The molecule has 0 spiro atoms. The summed E-state index contributed by atoms with van der Waals surface area (Å²) in [6.45, 7) is 6.15. The number of hydrogen-bond donors (Lipinski definition) is 1. The Labute approximate surface area is 140 Å². The molecule has 1 heterocycles. The summed E-state index contributed by atoms with van der Waals surface area (Å²) < 4.78 is 4.95. The van der Waals surface area contributed by atoms with Crippen molar-refractivity contribution in [2.24, 2.45) is 5.41 Å². The topological polar surface area (TPSA) is 75.4 Å². The largest absolute Gasteiger partial charge is 0.360 e. The molecule has 0 saturated heterocycles. The highest BCUT2D eigenvalue weighted by atomic mass is 16.5. The Kier molecular flexibility index (Phi) is 4.13. The Morgan fingerprint density at radius 3 is 2.58 bits per heavy atom. The minimum Gasteiger partial charge on any atom is -0.360 e. The van der Waals surface area contributed by atoms with E-state index in [0.29, 0.717) is 31.0 Å². The van der Waals surface area contributed by atoms with Crippen molar-refractivity contribution in [3.63, 3.8) is 0 Å². The van der Waals surface area contributed by atoms with E-state index < -0.39 is 5.41 Å². The standard InChI is InChI=1S/C18H21N3O3/c1-4-21(14-7-5-6-12(2)10-14)17(23)18(8-9-18)16(22)19-15-11-13(3)24-20-15/h5-7,10-11H,4,8-9H2,1-3H3,(H,19,20,22). The molecule has 3 rings (SSSR count). The molecule has 2 amide bonds. The van der Waals surface area contributed by atoms with Gasteiger partial charge in [0.05, 0.1) is 0 Å². The number of amides is 2. The maximum atomic E-state index is 13.0. The summed E-state index contributed by atoms with van der Waals surface area (Å²) in [6, 6.07) is 9.38. The number of nitrogens with one attached hydrogen (secondary N) is 1. The van der Waals surface area contributed by atoms with Gasteiger partial charge in [-0.1, -0.05) is 17.3 Å². The lowest BCUT2D eigenvalue weighted by molar-refractivity contribution is -0.132. The van der Waals surface area contributed by atoms with Gasteiger partial charge in [0.2, 0.25) is 11.8 Å². The van der Waals surface area contributed by atoms with Gasteiger partial charge in [0, 0.05) is 18.3 Å². The molecule has 1 aliphatic rings. The van der Waals surface area contributed by atoms with E-state index in [1.165, 1.54) is 0 Å². The fourth-order valence-electron chi connectivity index (χ4n) is 2.82.